The van der Waals surface area contributed by atoms with Crippen molar-refractivity contribution in [2.24, 2.45) is 11.3 Å². The molecule has 0 unspecified atom stereocenters. The highest BCUT2D eigenvalue weighted by molar-refractivity contribution is 5.95. The van der Waals surface area contributed by atoms with Crippen LogP contribution in [0.2, 0.25) is 0 Å². The summed E-state index contributed by atoms with van der Waals surface area (Å²) in [7, 11) is 4.17. The van der Waals surface area contributed by atoms with Crippen molar-refractivity contribution in [3.63, 3.8) is 0 Å². The summed E-state index contributed by atoms with van der Waals surface area (Å²) >= 11 is 0. The Morgan fingerprint density at radius 2 is 1.58 bits per heavy atom. The van der Waals surface area contributed by atoms with E-state index in [1.165, 1.54) is 43.0 Å². The van der Waals surface area contributed by atoms with Crippen molar-refractivity contribution < 1.29 is 14.3 Å². The topological polar surface area (TPSA) is 49.9 Å². The third kappa shape index (κ3) is 5.39. The van der Waals surface area contributed by atoms with E-state index in [9.17, 15) is 9.59 Å². The van der Waals surface area contributed by atoms with Gasteiger partial charge in [-0.15, -0.1) is 0 Å². The van der Waals surface area contributed by atoms with Crippen LogP contribution in [0.5, 0.6) is 5.75 Å². The molecule has 0 N–H and O–H groups in total. The third-order valence-corrected chi connectivity index (χ3v) is 9.63. The minimum Gasteiger partial charge on any atom is -0.423 e. The minimum atomic E-state index is -0.486. The van der Waals surface area contributed by atoms with Crippen molar-refractivity contribution in [3.05, 3.63) is 66.7 Å². The molecule has 202 valence electrons. The quantitative estimate of drug-likeness (QED) is 0.215. The Kier molecular flexibility index (Phi) is 7.65. The summed E-state index contributed by atoms with van der Waals surface area (Å²) in [6.07, 6.45) is 13.5. The van der Waals surface area contributed by atoms with Gasteiger partial charge < -0.3 is 14.5 Å². The third-order valence-electron chi connectivity index (χ3n) is 9.63. The smallest absolute Gasteiger partial charge is 0.335 e. The summed E-state index contributed by atoms with van der Waals surface area (Å²) in [4.78, 5) is 30.0. The number of hydrogen-bond donors (Lipinski definition) is 0. The lowest BCUT2D eigenvalue weighted by Crippen LogP contribution is -2.51. The average molecular weight is 515 g/mol. The summed E-state index contributed by atoms with van der Waals surface area (Å²) < 4.78 is 5.42. The van der Waals surface area contributed by atoms with Gasteiger partial charge in [0, 0.05) is 50.1 Å². The van der Waals surface area contributed by atoms with Crippen molar-refractivity contribution in [2.45, 2.75) is 76.0 Å². The number of amides is 1. The number of ether oxygens (including phenoxy) is 1. The molecular formula is C33H42N2O3. The Morgan fingerprint density at radius 1 is 0.921 bits per heavy atom. The Bertz CT molecular complexity index is 1140. The summed E-state index contributed by atoms with van der Waals surface area (Å²) in [5.74, 6) is 0.299. The van der Waals surface area contributed by atoms with Gasteiger partial charge in [-0.3, -0.25) is 4.79 Å². The van der Waals surface area contributed by atoms with Gasteiger partial charge in [0.25, 0.3) is 0 Å². The van der Waals surface area contributed by atoms with E-state index >= 15 is 0 Å². The molecule has 0 atom stereocenters. The molecule has 2 aromatic carbocycles. The number of hydrogen-bond acceptors (Lipinski definition) is 4. The molecule has 0 aliphatic heterocycles. The number of nitrogens with zero attached hydrogens (tertiary/aromatic N) is 2. The Hall–Kier alpha value is -3.08. The molecule has 5 nitrogen and oxygen atoms in total. The summed E-state index contributed by atoms with van der Waals surface area (Å²) in [5, 5.41) is 0. The molecule has 0 heterocycles. The second kappa shape index (κ2) is 11.0. The minimum absolute atomic E-state index is 0.0843. The Balaban J connectivity index is 1.37. The number of rotatable bonds is 8. The normalized spacial score (nSPS) is 25.0. The molecule has 38 heavy (non-hydrogen) atoms. The average Bonchev–Trinajstić information content (AvgIpc) is 2.97. The number of carbonyl (C=O) groups excluding carboxylic acids is 2. The van der Waals surface area contributed by atoms with Crippen molar-refractivity contribution in [2.75, 3.05) is 30.4 Å². The summed E-state index contributed by atoms with van der Waals surface area (Å²) in [6.45, 7) is 4.25. The fraction of sp³-hybridized carbons (Fsp3) is 0.515. The SMILES string of the molecule is C=CC(=O)Oc1cccc(N(CC23CCC(c4ccc(N(C)C)cc4)(CC2)CC3)C(=O)C2CCCCC2)c1. The first-order chi connectivity index (χ1) is 18.3. The number of benzene rings is 2. The second-order valence-corrected chi connectivity index (χ2v) is 12.1. The van der Waals surface area contributed by atoms with Crippen LogP contribution in [0, 0.1) is 11.3 Å². The molecule has 2 aromatic rings. The molecule has 0 aromatic heterocycles. The van der Waals surface area contributed by atoms with E-state index in [4.69, 9.17) is 4.74 Å². The van der Waals surface area contributed by atoms with Gasteiger partial charge in [0.15, 0.2) is 0 Å². The first-order valence-corrected chi connectivity index (χ1v) is 14.4. The van der Waals surface area contributed by atoms with Crippen molar-refractivity contribution >= 4 is 23.3 Å². The van der Waals surface area contributed by atoms with Crippen LogP contribution >= 0.6 is 0 Å². The fourth-order valence-electron chi connectivity index (χ4n) is 7.12. The van der Waals surface area contributed by atoms with Crippen LogP contribution in [0.4, 0.5) is 11.4 Å². The van der Waals surface area contributed by atoms with Crippen molar-refractivity contribution in [3.8, 4) is 5.75 Å². The number of anilines is 2. The van der Waals surface area contributed by atoms with Crippen LogP contribution < -0.4 is 14.5 Å². The molecule has 0 saturated heterocycles. The molecule has 0 spiro atoms. The number of carbonyl (C=O) groups is 2. The van der Waals surface area contributed by atoms with Gasteiger partial charge in [0.2, 0.25) is 5.91 Å². The van der Waals surface area contributed by atoms with E-state index in [1.54, 1.807) is 6.07 Å². The van der Waals surface area contributed by atoms with E-state index < -0.39 is 5.97 Å². The maximum absolute atomic E-state index is 14.0. The highest BCUT2D eigenvalue weighted by atomic mass is 16.5. The highest BCUT2D eigenvalue weighted by Gasteiger charge is 2.50. The van der Waals surface area contributed by atoms with Crippen LogP contribution in [-0.4, -0.2) is 32.5 Å². The zero-order chi connectivity index (χ0) is 26.8. The summed E-state index contributed by atoms with van der Waals surface area (Å²) in [6, 6.07) is 16.7. The second-order valence-electron chi connectivity index (χ2n) is 12.1. The molecule has 5 heteroatoms. The van der Waals surface area contributed by atoms with Gasteiger partial charge in [0.05, 0.1) is 0 Å². The predicted octanol–water partition coefficient (Wildman–Crippen LogP) is 7.05. The highest BCUT2D eigenvalue weighted by Crippen LogP contribution is 2.58. The Labute approximate surface area is 227 Å². The van der Waals surface area contributed by atoms with Crippen molar-refractivity contribution in [1.29, 1.82) is 0 Å². The molecule has 4 saturated carbocycles. The molecule has 4 fully saturated rings. The maximum Gasteiger partial charge on any atom is 0.335 e. The summed E-state index contributed by atoms with van der Waals surface area (Å²) in [5.41, 5.74) is 3.96. The maximum atomic E-state index is 14.0. The van der Waals surface area contributed by atoms with Gasteiger partial charge in [-0.05, 0) is 92.0 Å². The lowest BCUT2D eigenvalue weighted by molar-refractivity contribution is -0.129. The van der Waals surface area contributed by atoms with Gasteiger partial charge in [-0.25, -0.2) is 4.79 Å². The molecule has 2 bridgehead atoms. The lowest BCUT2D eigenvalue weighted by Gasteiger charge is -2.55. The van der Waals surface area contributed by atoms with E-state index in [2.05, 4.69) is 49.8 Å². The first kappa shape index (κ1) is 26.5. The van der Waals surface area contributed by atoms with E-state index in [-0.39, 0.29) is 22.7 Å². The largest absolute Gasteiger partial charge is 0.423 e. The number of fused-ring (bicyclic) bond motifs is 3. The first-order valence-electron chi connectivity index (χ1n) is 14.4. The Morgan fingerprint density at radius 3 is 2.18 bits per heavy atom. The van der Waals surface area contributed by atoms with Crippen LogP contribution in [0.1, 0.15) is 76.2 Å². The van der Waals surface area contributed by atoms with Crippen LogP contribution in [0.15, 0.2) is 61.2 Å². The molecular weight excluding hydrogens is 472 g/mol. The molecule has 1 amide bonds. The van der Waals surface area contributed by atoms with Crippen LogP contribution in [-0.2, 0) is 15.0 Å². The van der Waals surface area contributed by atoms with Crippen LogP contribution in [0.3, 0.4) is 0 Å². The van der Waals surface area contributed by atoms with E-state index in [0.29, 0.717) is 5.75 Å². The zero-order valence-electron chi connectivity index (χ0n) is 23.1. The van der Waals surface area contributed by atoms with Gasteiger partial charge in [-0.1, -0.05) is 44.0 Å². The van der Waals surface area contributed by atoms with E-state index in [1.807, 2.05) is 23.1 Å². The van der Waals surface area contributed by atoms with Gasteiger partial charge in [-0.2, -0.15) is 0 Å². The molecule has 4 aliphatic rings. The monoisotopic (exact) mass is 514 g/mol. The predicted molar refractivity (Wildman–Crippen MR) is 154 cm³/mol. The standard InChI is InChI=1S/C33H42N2O3/c1-4-30(36)38-29-12-8-11-28(23-29)35(31(37)25-9-6-5-7-10-25)24-32-17-20-33(21-18-32,22-19-32)26-13-15-27(16-14-26)34(2)3/h4,8,11-16,23,25H,1,5-7,9-10,17-22,24H2,2-3H3. The fourth-order valence-corrected chi connectivity index (χ4v) is 7.12. The molecule has 6 rings (SSSR count). The molecule has 0 radical (unpaired) electrons. The van der Waals surface area contributed by atoms with Gasteiger partial charge in [0.1, 0.15) is 5.75 Å². The van der Waals surface area contributed by atoms with Gasteiger partial charge >= 0.3 is 5.97 Å². The van der Waals surface area contributed by atoms with Crippen molar-refractivity contribution in [1.82, 2.24) is 0 Å². The number of esters is 1. The lowest BCUT2D eigenvalue weighted by atomic mass is 9.51. The molecule has 4 aliphatic carbocycles. The van der Waals surface area contributed by atoms with E-state index in [0.717, 1.165) is 57.2 Å². The zero-order valence-corrected chi connectivity index (χ0v) is 23.1. The van der Waals surface area contributed by atoms with Crippen LogP contribution in [0.25, 0.3) is 0 Å².